The first-order chi connectivity index (χ1) is 13.8. The molecule has 0 amide bonds. The summed E-state index contributed by atoms with van der Waals surface area (Å²) in [5.74, 6) is 2.35. The zero-order valence-corrected chi connectivity index (χ0v) is 19.2. The highest BCUT2D eigenvalue weighted by molar-refractivity contribution is 14.0. The van der Waals surface area contributed by atoms with Crippen LogP contribution in [0.25, 0.3) is 10.8 Å². The van der Waals surface area contributed by atoms with E-state index in [9.17, 15) is 0 Å². The van der Waals surface area contributed by atoms with Crippen molar-refractivity contribution in [1.29, 1.82) is 0 Å². The van der Waals surface area contributed by atoms with Crippen LogP contribution in [0.3, 0.4) is 0 Å². The molecule has 1 fully saturated rings. The van der Waals surface area contributed by atoms with Gasteiger partial charge in [0.15, 0.2) is 5.96 Å². The van der Waals surface area contributed by atoms with Gasteiger partial charge in [-0.2, -0.15) is 0 Å². The Morgan fingerprint density at radius 3 is 2.72 bits per heavy atom. The van der Waals surface area contributed by atoms with Crippen molar-refractivity contribution in [3.8, 4) is 5.75 Å². The molecule has 2 aromatic carbocycles. The first-order valence-electron chi connectivity index (χ1n) is 9.70. The van der Waals surface area contributed by atoms with Crippen molar-refractivity contribution in [2.24, 2.45) is 4.99 Å². The Morgan fingerprint density at radius 1 is 1.17 bits per heavy atom. The lowest BCUT2D eigenvalue weighted by Crippen LogP contribution is -2.39. The molecule has 0 saturated carbocycles. The molecule has 0 radical (unpaired) electrons. The molecule has 29 heavy (non-hydrogen) atoms. The third-order valence-corrected chi connectivity index (χ3v) is 5.46. The van der Waals surface area contributed by atoms with E-state index in [-0.39, 0.29) is 24.0 Å². The number of halogens is 1. The highest BCUT2D eigenvalue weighted by atomic mass is 127. The molecule has 0 spiro atoms. The maximum absolute atomic E-state index is 5.27. The zero-order valence-electron chi connectivity index (χ0n) is 16.8. The number of likely N-dealkylation sites (tertiary alicyclic amines) is 1. The molecular weight excluding hydrogens is 475 g/mol. The van der Waals surface area contributed by atoms with Gasteiger partial charge in [0, 0.05) is 37.6 Å². The molecule has 0 aliphatic carbocycles. The van der Waals surface area contributed by atoms with Gasteiger partial charge in [-0.15, -0.1) is 24.0 Å². The second kappa shape index (κ2) is 9.91. The number of fused-ring (bicyclic) bond motifs is 1. The molecule has 0 bridgehead atoms. The molecular formula is C23H27IN4O. The van der Waals surface area contributed by atoms with Crippen LogP contribution in [0.1, 0.15) is 23.6 Å². The number of methoxy groups -OCH3 is 1. The van der Waals surface area contributed by atoms with Crippen molar-refractivity contribution >= 4 is 40.7 Å². The Kier molecular flexibility index (Phi) is 7.30. The third kappa shape index (κ3) is 4.80. The Bertz CT molecular complexity index is 969. The largest absolute Gasteiger partial charge is 0.497 e. The van der Waals surface area contributed by atoms with E-state index in [4.69, 9.17) is 4.74 Å². The monoisotopic (exact) mass is 502 g/mol. The number of aliphatic imine (C=N–C) groups is 1. The minimum atomic E-state index is 0. The van der Waals surface area contributed by atoms with Crippen LogP contribution >= 0.6 is 24.0 Å². The van der Waals surface area contributed by atoms with E-state index in [1.54, 1.807) is 7.11 Å². The molecule has 1 aromatic heterocycles. The lowest BCUT2D eigenvalue weighted by atomic mass is 9.98. The summed E-state index contributed by atoms with van der Waals surface area (Å²) in [6.07, 6.45) is 3.00. The van der Waals surface area contributed by atoms with Crippen LogP contribution in [0.15, 0.2) is 65.8 Å². The van der Waals surface area contributed by atoms with E-state index in [1.165, 1.54) is 16.3 Å². The number of ether oxygens (including phenoxy) is 1. The number of guanidine groups is 1. The summed E-state index contributed by atoms with van der Waals surface area (Å²) in [5.41, 5.74) is 2.40. The summed E-state index contributed by atoms with van der Waals surface area (Å²) in [5, 5.41) is 5.90. The predicted molar refractivity (Wildman–Crippen MR) is 129 cm³/mol. The number of nitrogens with zero attached hydrogens (tertiary/aromatic N) is 3. The molecule has 1 aliphatic rings. The van der Waals surface area contributed by atoms with Gasteiger partial charge in [0.25, 0.3) is 0 Å². The van der Waals surface area contributed by atoms with Crippen molar-refractivity contribution in [1.82, 2.24) is 15.2 Å². The van der Waals surface area contributed by atoms with Gasteiger partial charge in [0.1, 0.15) is 5.75 Å². The first-order valence-corrected chi connectivity index (χ1v) is 9.70. The van der Waals surface area contributed by atoms with Crippen LogP contribution in [-0.4, -0.2) is 43.1 Å². The fourth-order valence-corrected chi connectivity index (χ4v) is 3.92. The Hall–Kier alpha value is -2.35. The normalized spacial score (nSPS) is 16.6. The molecule has 5 nitrogen and oxygen atoms in total. The molecule has 2 heterocycles. The smallest absolute Gasteiger partial charge is 0.193 e. The molecule has 1 unspecified atom stereocenters. The second-order valence-corrected chi connectivity index (χ2v) is 7.08. The number of hydrogen-bond acceptors (Lipinski definition) is 3. The summed E-state index contributed by atoms with van der Waals surface area (Å²) in [7, 11) is 3.55. The Balaban J connectivity index is 0.00000240. The van der Waals surface area contributed by atoms with Crippen LogP contribution in [0, 0.1) is 0 Å². The molecule has 152 valence electrons. The summed E-state index contributed by atoms with van der Waals surface area (Å²) >= 11 is 0. The maximum Gasteiger partial charge on any atom is 0.193 e. The highest BCUT2D eigenvalue weighted by Gasteiger charge is 2.26. The van der Waals surface area contributed by atoms with Gasteiger partial charge in [-0.05, 0) is 35.6 Å². The van der Waals surface area contributed by atoms with E-state index in [0.29, 0.717) is 12.5 Å². The predicted octanol–water partition coefficient (Wildman–Crippen LogP) is 4.43. The molecule has 1 saturated heterocycles. The Labute approximate surface area is 189 Å². The van der Waals surface area contributed by atoms with Crippen molar-refractivity contribution in [3.63, 3.8) is 0 Å². The standard InChI is InChI=1S/C23H26N4O.HI/c1-24-23(26-15-22-21-6-4-3-5-18(21)11-13-25-22)27-14-12-19(16-27)17-7-9-20(28-2)10-8-17;/h3-11,13,19H,12,14-16H2,1-2H3,(H,24,26);1H. The SMILES string of the molecule is CN=C(NCc1nccc2ccccc12)N1CCC(c2ccc(OC)cc2)C1.I. The summed E-state index contributed by atoms with van der Waals surface area (Å²) < 4.78 is 5.27. The lowest BCUT2D eigenvalue weighted by molar-refractivity contribution is 0.414. The van der Waals surface area contributed by atoms with Crippen LogP contribution in [0.5, 0.6) is 5.75 Å². The minimum absolute atomic E-state index is 0. The lowest BCUT2D eigenvalue weighted by Gasteiger charge is -2.22. The van der Waals surface area contributed by atoms with Crippen molar-refractivity contribution in [2.45, 2.75) is 18.9 Å². The van der Waals surface area contributed by atoms with Gasteiger partial charge in [0.05, 0.1) is 19.3 Å². The van der Waals surface area contributed by atoms with Gasteiger partial charge >= 0.3 is 0 Å². The number of rotatable bonds is 4. The maximum atomic E-state index is 5.27. The van der Waals surface area contributed by atoms with Crippen LogP contribution in [0.2, 0.25) is 0 Å². The van der Waals surface area contributed by atoms with Gasteiger partial charge in [0.2, 0.25) is 0 Å². The van der Waals surface area contributed by atoms with Crippen LogP contribution < -0.4 is 10.1 Å². The van der Waals surface area contributed by atoms with Crippen LogP contribution in [-0.2, 0) is 6.54 Å². The summed E-state index contributed by atoms with van der Waals surface area (Å²) in [4.78, 5) is 11.4. The van der Waals surface area contributed by atoms with E-state index < -0.39 is 0 Å². The van der Waals surface area contributed by atoms with Gasteiger partial charge in [-0.3, -0.25) is 9.98 Å². The number of pyridine rings is 1. The average Bonchev–Trinajstić information content (AvgIpc) is 3.24. The molecule has 1 N–H and O–H groups in total. The van der Waals surface area contributed by atoms with E-state index >= 15 is 0 Å². The number of nitrogens with one attached hydrogen (secondary N) is 1. The zero-order chi connectivity index (χ0) is 19.3. The molecule has 1 atom stereocenters. The van der Waals surface area contributed by atoms with E-state index in [2.05, 4.69) is 56.6 Å². The quantitative estimate of drug-likeness (QED) is 0.326. The number of hydrogen-bond donors (Lipinski definition) is 1. The summed E-state index contributed by atoms with van der Waals surface area (Å²) in [6, 6.07) is 18.8. The topological polar surface area (TPSA) is 49.8 Å². The van der Waals surface area contributed by atoms with Crippen molar-refractivity contribution < 1.29 is 4.74 Å². The van der Waals surface area contributed by atoms with Gasteiger partial charge in [-0.1, -0.05) is 36.4 Å². The fraction of sp³-hybridized carbons (Fsp3) is 0.304. The first kappa shape index (κ1) is 21.4. The molecule has 3 aromatic rings. The number of benzene rings is 2. The van der Waals surface area contributed by atoms with E-state index in [0.717, 1.165) is 36.9 Å². The van der Waals surface area contributed by atoms with Crippen LogP contribution in [0.4, 0.5) is 0 Å². The summed E-state index contributed by atoms with van der Waals surface area (Å²) in [6.45, 7) is 2.63. The van der Waals surface area contributed by atoms with Crippen molar-refractivity contribution in [2.75, 3.05) is 27.2 Å². The van der Waals surface area contributed by atoms with Crippen molar-refractivity contribution in [3.05, 3.63) is 72.1 Å². The Morgan fingerprint density at radius 2 is 1.97 bits per heavy atom. The molecule has 1 aliphatic heterocycles. The highest BCUT2D eigenvalue weighted by Crippen LogP contribution is 2.28. The minimum Gasteiger partial charge on any atom is -0.497 e. The third-order valence-electron chi connectivity index (χ3n) is 5.46. The molecule has 4 rings (SSSR count). The fourth-order valence-electron chi connectivity index (χ4n) is 3.92. The second-order valence-electron chi connectivity index (χ2n) is 7.08. The van der Waals surface area contributed by atoms with E-state index in [1.807, 2.05) is 31.4 Å². The molecule has 6 heteroatoms. The van der Waals surface area contributed by atoms with Gasteiger partial charge < -0.3 is 15.0 Å². The average molecular weight is 502 g/mol. The number of aromatic nitrogens is 1. The van der Waals surface area contributed by atoms with Gasteiger partial charge in [-0.25, -0.2) is 0 Å².